The van der Waals surface area contributed by atoms with E-state index in [-0.39, 0.29) is 12.5 Å². The number of likely N-dealkylation sites (tertiary alicyclic amines) is 1. The zero-order valence-corrected chi connectivity index (χ0v) is 12.1. The molecule has 4 nitrogen and oxygen atoms in total. The molecule has 0 atom stereocenters. The summed E-state index contributed by atoms with van der Waals surface area (Å²) in [5.41, 5.74) is 0.401. The molecule has 1 fully saturated rings. The Labute approximate surface area is 123 Å². The molecular formula is C15H18ClNO3. The standard InChI is InChI=1S/C15H18ClNO3/c16-13-7-5-12(6-8-13)15(19)20-11-14(18)17-9-3-1-2-4-10-17/h5-8H,1-4,9-11H2. The largest absolute Gasteiger partial charge is 0.452 e. The molecule has 0 saturated carbocycles. The Bertz CT molecular complexity index is 465. The second-order valence-corrected chi connectivity index (χ2v) is 5.31. The summed E-state index contributed by atoms with van der Waals surface area (Å²) in [6.07, 6.45) is 4.37. The van der Waals surface area contributed by atoms with Crippen LogP contribution in [-0.2, 0) is 9.53 Å². The number of halogens is 1. The van der Waals surface area contributed by atoms with Gasteiger partial charge in [0.1, 0.15) is 0 Å². The van der Waals surface area contributed by atoms with Crippen LogP contribution in [0.1, 0.15) is 36.0 Å². The molecule has 0 aliphatic carbocycles. The summed E-state index contributed by atoms with van der Waals surface area (Å²) >= 11 is 5.75. The molecule has 0 bridgehead atoms. The van der Waals surface area contributed by atoms with Gasteiger partial charge >= 0.3 is 5.97 Å². The first kappa shape index (κ1) is 14.9. The van der Waals surface area contributed by atoms with Crippen molar-refractivity contribution in [1.82, 2.24) is 4.90 Å². The SMILES string of the molecule is O=C(OCC(=O)N1CCCCCC1)c1ccc(Cl)cc1. The number of ether oxygens (including phenoxy) is 1. The van der Waals surface area contributed by atoms with Crippen molar-refractivity contribution in [3.8, 4) is 0 Å². The molecule has 0 N–H and O–H groups in total. The maximum atomic E-state index is 12.0. The molecule has 2 rings (SSSR count). The van der Waals surface area contributed by atoms with Crippen molar-refractivity contribution < 1.29 is 14.3 Å². The number of nitrogens with zero attached hydrogens (tertiary/aromatic N) is 1. The lowest BCUT2D eigenvalue weighted by molar-refractivity contribution is -0.134. The van der Waals surface area contributed by atoms with Gasteiger partial charge in [-0.15, -0.1) is 0 Å². The number of carbonyl (C=O) groups excluding carboxylic acids is 2. The molecule has 1 amide bonds. The Morgan fingerprint density at radius 2 is 1.65 bits per heavy atom. The van der Waals surface area contributed by atoms with Gasteiger partial charge in [0.05, 0.1) is 5.56 Å². The Kier molecular flexibility index (Phi) is 5.41. The summed E-state index contributed by atoms with van der Waals surface area (Å²) in [6.45, 7) is 1.33. The van der Waals surface area contributed by atoms with Gasteiger partial charge in [0.25, 0.3) is 5.91 Å². The van der Waals surface area contributed by atoms with Crippen LogP contribution < -0.4 is 0 Å². The minimum Gasteiger partial charge on any atom is -0.452 e. The summed E-state index contributed by atoms with van der Waals surface area (Å²) in [7, 11) is 0. The van der Waals surface area contributed by atoms with Crippen molar-refractivity contribution >= 4 is 23.5 Å². The zero-order valence-electron chi connectivity index (χ0n) is 11.3. The van der Waals surface area contributed by atoms with Crippen LogP contribution in [0.3, 0.4) is 0 Å². The number of carbonyl (C=O) groups is 2. The highest BCUT2D eigenvalue weighted by molar-refractivity contribution is 6.30. The van der Waals surface area contributed by atoms with E-state index in [4.69, 9.17) is 16.3 Å². The first-order valence-corrected chi connectivity index (χ1v) is 7.25. The Morgan fingerprint density at radius 3 is 2.25 bits per heavy atom. The fourth-order valence-electron chi connectivity index (χ4n) is 2.21. The van der Waals surface area contributed by atoms with E-state index in [2.05, 4.69) is 0 Å². The van der Waals surface area contributed by atoms with E-state index < -0.39 is 5.97 Å². The Hall–Kier alpha value is -1.55. The average Bonchev–Trinajstić information content (AvgIpc) is 2.74. The van der Waals surface area contributed by atoms with Crippen molar-refractivity contribution in [3.63, 3.8) is 0 Å². The second kappa shape index (κ2) is 7.29. The summed E-state index contributed by atoms with van der Waals surface area (Å²) in [5.74, 6) is -0.612. The quantitative estimate of drug-likeness (QED) is 0.806. The first-order chi connectivity index (χ1) is 9.66. The molecule has 1 aromatic rings. The van der Waals surface area contributed by atoms with Crippen LogP contribution in [0.25, 0.3) is 0 Å². The van der Waals surface area contributed by atoms with Gasteiger partial charge in [-0.2, -0.15) is 0 Å². The number of rotatable bonds is 3. The molecule has 0 unspecified atom stereocenters. The molecule has 1 aromatic carbocycles. The van der Waals surface area contributed by atoms with E-state index in [1.54, 1.807) is 29.2 Å². The van der Waals surface area contributed by atoms with E-state index in [9.17, 15) is 9.59 Å². The maximum Gasteiger partial charge on any atom is 0.338 e. The Balaban J connectivity index is 1.83. The van der Waals surface area contributed by atoms with Crippen LogP contribution in [0.2, 0.25) is 5.02 Å². The van der Waals surface area contributed by atoms with Crippen molar-refractivity contribution in [1.29, 1.82) is 0 Å². The van der Waals surface area contributed by atoms with Crippen molar-refractivity contribution in [3.05, 3.63) is 34.9 Å². The van der Waals surface area contributed by atoms with Crippen LogP contribution in [0.4, 0.5) is 0 Å². The van der Waals surface area contributed by atoms with E-state index in [1.807, 2.05) is 0 Å². The van der Waals surface area contributed by atoms with Crippen LogP contribution in [0.5, 0.6) is 0 Å². The lowest BCUT2D eigenvalue weighted by Crippen LogP contribution is -2.35. The topological polar surface area (TPSA) is 46.6 Å². The second-order valence-electron chi connectivity index (χ2n) is 4.88. The minimum atomic E-state index is -0.496. The van der Waals surface area contributed by atoms with Gasteiger partial charge in [0, 0.05) is 18.1 Å². The average molecular weight is 296 g/mol. The van der Waals surface area contributed by atoms with Gasteiger partial charge in [-0.3, -0.25) is 4.79 Å². The molecule has 108 valence electrons. The monoisotopic (exact) mass is 295 g/mol. The predicted octanol–water partition coefficient (Wildman–Crippen LogP) is 2.90. The van der Waals surface area contributed by atoms with Gasteiger partial charge in [0.2, 0.25) is 0 Å². The molecule has 0 radical (unpaired) electrons. The third kappa shape index (κ3) is 4.23. The van der Waals surface area contributed by atoms with Gasteiger partial charge in [-0.1, -0.05) is 24.4 Å². The number of esters is 1. The van der Waals surface area contributed by atoms with Crippen LogP contribution >= 0.6 is 11.6 Å². The number of hydrogen-bond acceptors (Lipinski definition) is 3. The molecule has 1 aliphatic rings. The van der Waals surface area contributed by atoms with E-state index in [1.165, 1.54) is 0 Å². The van der Waals surface area contributed by atoms with Crippen LogP contribution in [0.15, 0.2) is 24.3 Å². The Morgan fingerprint density at radius 1 is 1.05 bits per heavy atom. The third-order valence-electron chi connectivity index (χ3n) is 3.37. The fraction of sp³-hybridized carbons (Fsp3) is 0.467. The predicted molar refractivity (Wildman–Crippen MR) is 76.8 cm³/mol. The lowest BCUT2D eigenvalue weighted by Gasteiger charge is -2.19. The summed E-state index contributed by atoms with van der Waals surface area (Å²) < 4.78 is 5.05. The lowest BCUT2D eigenvalue weighted by atomic mass is 10.2. The van der Waals surface area contributed by atoms with Crippen molar-refractivity contribution in [2.75, 3.05) is 19.7 Å². The molecule has 0 spiro atoms. The number of hydrogen-bond donors (Lipinski definition) is 0. The molecule has 20 heavy (non-hydrogen) atoms. The first-order valence-electron chi connectivity index (χ1n) is 6.87. The smallest absolute Gasteiger partial charge is 0.338 e. The molecule has 0 aromatic heterocycles. The van der Waals surface area contributed by atoms with Gasteiger partial charge < -0.3 is 9.64 Å². The third-order valence-corrected chi connectivity index (χ3v) is 3.62. The molecule has 1 heterocycles. The van der Waals surface area contributed by atoms with Gasteiger partial charge in [-0.25, -0.2) is 4.79 Å². The maximum absolute atomic E-state index is 12.0. The summed E-state index contributed by atoms with van der Waals surface area (Å²) in [6, 6.07) is 6.41. The van der Waals surface area contributed by atoms with Crippen molar-refractivity contribution in [2.45, 2.75) is 25.7 Å². The van der Waals surface area contributed by atoms with E-state index in [0.717, 1.165) is 38.8 Å². The molecular weight excluding hydrogens is 278 g/mol. The van der Waals surface area contributed by atoms with Crippen molar-refractivity contribution in [2.24, 2.45) is 0 Å². The fourth-order valence-corrected chi connectivity index (χ4v) is 2.33. The molecule has 1 aliphatic heterocycles. The van der Waals surface area contributed by atoms with E-state index in [0.29, 0.717) is 10.6 Å². The summed E-state index contributed by atoms with van der Waals surface area (Å²) in [4.78, 5) is 25.5. The summed E-state index contributed by atoms with van der Waals surface area (Å²) in [5, 5.41) is 0.558. The van der Waals surface area contributed by atoms with Gasteiger partial charge in [-0.05, 0) is 37.1 Å². The zero-order chi connectivity index (χ0) is 14.4. The highest BCUT2D eigenvalue weighted by atomic mass is 35.5. The molecule has 1 saturated heterocycles. The number of amides is 1. The molecule has 5 heteroatoms. The van der Waals surface area contributed by atoms with Gasteiger partial charge in [0.15, 0.2) is 6.61 Å². The highest BCUT2D eigenvalue weighted by Crippen LogP contribution is 2.12. The number of benzene rings is 1. The van der Waals surface area contributed by atoms with Crippen LogP contribution in [0, 0.1) is 0 Å². The minimum absolute atomic E-state index is 0.116. The normalized spacial score (nSPS) is 15.6. The highest BCUT2D eigenvalue weighted by Gasteiger charge is 2.17. The van der Waals surface area contributed by atoms with E-state index >= 15 is 0 Å². The van der Waals surface area contributed by atoms with Crippen LogP contribution in [-0.4, -0.2) is 36.5 Å².